The maximum Gasteiger partial charge on any atom is 0.265 e. The molecular weight excluding hydrogens is 450 g/mol. The van der Waals surface area contributed by atoms with Crippen LogP contribution in [-0.2, 0) is 18.4 Å². The number of rotatable bonds is 4. The Bertz CT molecular complexity index is 1470. The predicted octanol–water partition coefficient (Wildman–Crippen LogP) is 5.24. The zero-order valence-corrected chi connectivity index (χ0v) is 19.9. The number of aryl methyl sites for hydroxylation is 1. The molecule has 1 amide bonds. The van der Waals surface area contributed by atoms with E-state index >= 15 is 0 Å². The third-order valence-electron chi connectivity index (χ3n) is 7.37. The monoisotopic (exact) mass is 476 g/mol. The maximum atomic E-state index is 14.2. The lowest BCUT2D eigenvalue weighted by atomic mass is 9.84. The van der Waals surface area contributed by atoms with E-state index in [1.807, 2.05) is 25.1 Å². The average molecular weight is 477 g/mol. The van der Waals surface area contributed by atoms with Gasteiger partial charge in [0.2, 0.25) is 5.91 Å². The fourth-order valence-electron chi connectivity index (χ4n) is 5.33. The molecule has 180 valence electrons. The number of hydrogen-bond donors (Lipinski definition) is 0. The van der Waals surface area contributed by atoms with Crippen LogP contribution in [-0.4, -0.2) is 42.2 Å². The number of hydrogen-bond acceptors (Lipinski definition) is 4. The van der Waals surface area contributed by atoms with E-state index in [2.05, 4.69) is 14.6 Å². The minimum atomic E-state index is -2.69. The van der Waals surface area contributed by atoms with Crippen LogP contribution in [0.25, 0.3) is 33.4 Å². The Hall–Kier alpha value is -3.62. The van der Waals surface area contributed by atoms with Crippen molar-refractivity contribution in [3.05, 3.63) is 53.7 Å². The second-order valence-electron chi connectivity index (χ2n) is 9.64. The van der Waals surface area contributed by atoms with Gasteiger partial charge in [-0.2, -0.15) is 5.10 Å². The number of imidazole rings is 1. The summed E-state index contributed by atoms with van der Waals surface area (Å²) >= 11 is 0. The molecule has 1 fully saturated rings. The van der Waals surface area contributed by atoms with Crippen LogP contribution in [0.3, 0.4) is 0 Å². The first kappa shape index (κ1) is 21.9. The van der Waals surface area contributed by atoms with E-state index in [-0.39, 0.29) is 23.2 Å². The van der Waals surface area contributed by atoms with Gasteiger partial charge in [-0.25, -0.2) is 18.7 Å². The van der Waals surface area contributed by atoms with Gasteiger partial charge in [-0.3, -0.25) is 9.48 Å². The van der Waals surface area contributed by atoms with Crippen molar-refractivity contribution >= 4 is 16.8 Å². The van der Waals surface area contributed by atoms with E-state index < -0.39 is 6.43 Å². The summed E-state index contributed by atoms with van der Waals surface area (Å²) in [4.78, 5) is 24.2. The molecule has 7 nitrogen and oxygen atoms in total. The number of fused-ring (bicyclic) bond motifs is 2. The van der Waals surface area contributed by atoms with Crippen molar-refractivity contribution < 1.29 is 13.6 Å². The first-order valence-electron chi connectivity index (χ1n) is 11.9. The van der Waals surface area contributed by atoms with E-state index in [0.717, 1.165) is 42.0 Å². The van der Waals surface area contributed by atoms with Gasteiger partial charge in [-0.1, -0.05) is 18.6 Å². The highest BCUT2D eigenvalue weighted by Crippen LogP contribution is 2.43. The highest BCUT2D eigenvalue weighted by Gasteiger charge is 2.37. The molecule has 0 radical (unpaired) electrons. The summed E-state index contributed by atoms with van der Waals surface area (Å²) in [5, 5.41) is 4.76. The van der Waals surface area contributed by atoms with Crippen molar-refractivity contribution in [2.45, 2.75) is 51.1 Å². The van der Waals surface area contributed by atoms with Crippen LogP contribution >= 0.6 is 0 Å². The predicted molar refractivity (Wildman–Crippen MR) is 128 cm³/mol. The zero-order valence-electron chi connectivity index (χ0n) is 19.9. The fraction of sp³-hybridized carbons (Fsp3) is 0.385. The molecule has 1 atom stereocenters. The molecule has 0 saturated heterocycles. The number of halogens is 2. The van der Waals surface area contributed by atoms with Crippen LogP contribution in [0.5, 0.6) is 0 Å². The third-order valence-corrected chi connectivity index (χ3v) is 7.37. The number of nitrogens with zero attached hydrogens (tertiary/aromatic N) is 6. The highest BCUT2D eigenvalue weighted by atomic mass is 19.3. The molecule has 0 N–H and O–H groups in total. The van der Waals surface area contributed by atoms with Crippen LogP contribution in [0.4, 0.5) is 8.78 Å². The molecular formula is C26H26F2N6O. The second kappa shape index (κ2) is 7.96. The minimum absolute atomic E-state index is 0.0581. The number of carbonyl (C=O) groups is 1. The summed E-state index contributed by atoms with van der Waals surface area (Å²) < 4.78 is 32.1. The number of amides is 1. The summed E-state index contributed by atoms with van der Waals surface area (Å²) in [6, 6.07) is 6.83. The molecule has 4 aromatic rings. The maximum absolute atomic E-state index is 14.2. The first-order valence-corrected chi connectivity index (χ1v) is 11.9. The van der Waals surface area contributed by atoms with Gasteiger partial charge in [-0.05, 0) is 31.9 Å². The van der Waals surface area contributed by atoms with Gasteiger partial charge in [0.15, 0.2) is 0 Å². The van der Waals surface area contributed by atoms with Gasteiger partial charge >= 0.3 is 0 Å². The Morgan fingerprint density at radius 2 is 1.91 bits per heavy atom. The smallest absolute Gasteiger partial charge is 0.265 e. The van der Waals surface area contributed by atoms with Crippen molar-refractivity contribution in [1.29, 1.82) is 0 Å². The quantitative estimate of drug-likeness (QED) is 0.404. The first-order chi connectivity index (χ1) is 16.8. The molecule has 0 bridgehead atoms. The third kappa shape index (κ3) is 3.36. The van der Waals surface area contributed by atoms with Gasteiger partial charge in [0.25, 0.3) is 6.43 Å². The van der Waals surface area contributed by atoms with Gasteiger partial charge < -0.3 is 9.47 Å². The summed E-state index contributed by atoms with van der Waals surface area (Å²) in [7, 11) is 3.54. The molecule has 4 heterocycles. The molecule has 0 spiro atoms. The molecule has 6 rings (SSSR count). The average Bonchev–Trinajstić information content (AvgIpc) is 3.39. The normalized spacial score (nSPS) is 18.4. The van der Waals surface area contributed by atoms with Crippen LogP contribution < -0.4 is 0 Å². The molecule has 1 aliphatic carbocycles. The van der Waals surface area contributed by atoms with E-state index in [0.29, 0.717) is 28.9 Å². The number of pyridine rings is 1. The lowest BCUT2D eigenvalue weighted by molar-refractivity contribution is -0.135. The standard InChI is InChI=1S/C26H26F2N6O/c1-14-26(35)32(2)13-21-23(31-25(34(14)21)15-6-4-7-15)17-8-5-9-20-18(17)10-19(24(27)28)22(30-20)16-11-29-33(3)12-16/h5,8-12,14-15,24H,4,6-7,13H2,1-3H3. The molecule has 3 aromatic heterocycles. The van der Waals surface area contributed by atoms with E-state index in [1.54, 1.807) is 42.1 Å². The van der Waals surface area contributed by atoms with Crippen LogP contribution in [0.2, 0.25) is 0 Å². The SMILES string of the molecule is CC1C(=O)N(C)Cc2c(-c3cccc4nc(-c5cnn(C)c5)c(C(F)F)cc34)nc(C3CCC3)n21. The zero-order chi connectivity index (χ0) is 24.4. The van der Waals surface area contributed by atoms with Crippen LogP contribution in [0, 0.1) is 0 Å². The topological polar surface area (TPSA) is 68.8 Å². The molecule has 9 heteroatoms. The Morgan fingerprint density at radius 3 is 2.57 bits per heavy atom. The Labute approximate surface area is 201 Å². The summed E-state index contributed by atoms with van der Waals surface area (Å²) in [5.41, 5.74) is 3.73. The van der Waals surface area contributed by atoms with Gasteiger partial charge in [0.05, 0.1) is 35.3 Å². The molecule has 35 heavy (non-hydrogen) atoms. The Morgan fingerprint density at radius 1 is 1.11 bits per heavy atom. The molecule has 2 aliphatic rings. The molecule has 1 saturated carbocycles. The van der Waals surface area contributed by atoms with Gasteiger partial charge in [-0.15, -0.1) is 0 Å². The largest absolute Gasteiger partial charge is 0.338 e. The van der Waals surface area contributed by atoms with Crippen molar-refractivity contribution in [2.24, 2.45) is 7.05 Å². The fourth-order valence-corrected chi connectivity index (χ4v) is 5.33. The number of benzene rings is 1. The number of alkyl halides is 2. The number of aromatic nitrogens is 5. The van der Waals surface area contributed by atoms with Crippen molar-refractivity contribution in [1.82, 2.24) is 29.2 Å². The van der Waals surface area contributed by atoms with Crippen molar-refractivity contribution in [3.8, 4) is 22.5 Å². The van der Waals surface area contributed by atoms with Gasteiger partial charge in [0.1, 0.15) is 11.9 Å². The lowest BCUT2D eigenvalue weighted by Crippen LogP contribution is -2.40. The summed E-state index contributed by atoms with van der Waals surface area (Å²) in [6.07, 6.45) is 3.79. The van der Waals surface area contributed by atoms with E-state index in [9.17, 15) is 13.6 Å². The second-order valence-corrected chi connectivity index (χ2v) is 9.64. The Balaban J connectivity index is 1.59. The lowest BCUT2D eigenvalue weighted by Gasteiger charge is -2.33. The summed E-state index contributed by atoms with van der Waals surface area (Å²) in [6.45, 7) is 2.34. The highest BCUT2D eigenvalue weighted by molar-refractivity contribution is 5.96. The molecule has 1 aliphatic heterocycles. The number of likely N-dealkylation sites (N-methyl/N-ethyl adjacent to an activating group) is 1. The van der Waals surface area contributed by atoms with Crippen LogP contribution in [0.1, 0.15) is 61.7 Å². The van der Waals surface area contributed by atoms with E-state index in [4.69, 9.17) is 4.98 Å². The number of carbonyl (C=O) groups excluding carboxylic acids is 1. The van der Waals surface area contributed by atoms with E-state index in [1.165, 1.54) is 0 Å². The molecule has 1 unspecified atom stereocenters. The summed E-state index contributed by atoms with van der Waals surface area (Å²) in [5.74, 6) is 1.31. The Kier molecular flexibility index (Phi) is 4.98. The van der Waals surface area contributed by atoms with Gasteiger partial charge in [0, 0.05) is 48.3 Å². The minimum Gasteiger partial charge on any atom is -0.338 e. The van der Waals surface area contributed by atoms with Crippen molar-refractivity contribution in [3.63, 3.8) is 0 Å². The van der Waals surface area contributed by atoms with Crippen LogP contribution in [0.15, 0.2) is 36.7 Å². The molecule has 1 aromatic carbocycles. The van der Waals surface area contributed by atoms with Crippen molar-refractivity contribution in [2.75, 3.05) is 7.05 Å².